The van der Waals surface area contributed by atoms with Gasteiger partial charge in [0.05, 0.1) is 12.1 Å². The van der Waals surface area contributed by atoms with Crippen LogP contribution in [0.3, 0.4) is 0 Å². The van der Waals surface area contributed by atoms with E-state index in [-0.39, 0.29) is 18.6 Å². The van der Waals surface area contributed by atoms with Gasteiger partial charge in [0.15, 0.2) is 5.78 Å². The van der Waals surface area contributed by atoms with Crippen LogP contribution in [0.25, 0.3) is 0 Å². The van der Waals surface area contributed by atoms with Crippen LogP contribution in [0.1, 0.15) is 41.5 Å². The topological polar surface area (TPSA) is 70.2 Å². The highest BCUT2D eigenvalue weighted by molar-refractivity contribution is 5.97. The summed E-state index contributed by atoms with van der Waals surface area (Å²) in [6, 6.07) is 1.92. The number of hydrogen-bond acceptors (Lipinski definition) is 2. The van der Waals surface area contributed by atoms with Crippen LogP contribution < -0.4 is 0 Å². The quantitative estimate of drug-likeness (QED) is 0.728. The van der Waals surface area contributed by atoms with E-state index in [4.69, 9.17) is 5.11 Å². The average molecular weight is 209 g/mol. The number of carbonyl (C=O) groups excluding carboxylic acids is 1. The summed E-state index contributed by atoms with van der Waals surface area (Å²) in [4.78, 5) is 25.0. The first-order valence-electron chi connectivity index (χ1n) is 4.98. The van der Waals surface area contributed by atoms with Crippen LogP contribution in [-0.4, -0.2) is 21.8 Å². The van der Waals surface area contributed by atoms with Crippen LogP contribution in [0.2, 0.25) is 0 Å². The van der Waals surface area contributed by atoms with Crippen LogP contribution in [0.5, 0.6) is 0 Å². The van der Waals surface area contributed by atoms with Crippen molar-refractivity contribution >= 4 is 11.8 Å². The minimum absolute atomic E-state index is 0.0578. The largest absolute Gasteiger partial charge is 0.481 e. The summed E-state index contributed by atoms with van der Waals surface area (Å²) >= 11 is 0. The molecule has 82 valence electrons. The predicted octanol–water partition coefficient (Wildman–Crippen LogP) is 1.93. The highest BCUT2D eigenvalue weighted by Crippen LogP contribution is 2.14. The molecule has 4 nitrogen and oxygen atoms in total. The number of hydrogen-bond donors (Lipinski definition) is 2. The number of aromatic nitrogens is 1. The van der Waals surface area contributed by atoms with Crippen molar-refractivity contribution in [2.75, 3.05) is 0 Å². The maximum atomic E-state index is 11.6. The van der Waals surface area contributed by atoms with Gasteiger partial charge in [0.1, 0.15) is 0 Å². The first-order valence-corrected chi connectivity index (χ1v) is 4.98. The SMILES string of the molecule is CCc1cc(C)[nH]c1C(=O)CCC(=O)O. The van der Waals surface area contributed by atoms with Crippen LogP contribution >= 0.6 is 0 Å². The molecule has 0 aliphatic rings. The first kappa shape index (κ1) is 11.5. The molecule has 0 radical (unpaired) electrons. The summed E-state index contributed by atoms with van der Waals surface area (Å²) in [7, 11) is 0. The van der Waals surface area contributed by atoms with Crippen molar-refractivity contribution in [3.8, 4) is 0 Å². The van der Waals surface area contributed by atoms with E-state index in [2.05, 4.69) is 4.98 Å². The summed E-state index contributed by atoms with van der Waals surface area (Å²) in [6.07, 6.45) is 0.723. The Bertz CT molecular complexity index is 379. The summed E-state index contributed by atoms with van der Waals surface area (Å²) < 4.78 is 0. The third-order valence-electron chi connectivity index (χ3n) is 2.26. The number of carboxylic acids is 1. The van der Waals surface area contributed by atoms with Crippen molar-refractivity contribution in [1.29, 1.82) is 0 Å². The van der Waals surface area contributed by atoms with Crippen molar-refractivity contribution in [2.24, 2.45) is 0 Å². The fraction of sp³-hybridized carbons (Fsp3) is 0.455. The summed E-state index contributed by atoms with van der Waals surface area (Å²) in [5, 5.41) is 8.48. The molecule has 1 aromatic rings. The maximum Gasteiger partial charge on any atom is 0.303 e. The lowest BCUT2D eigenvalue weighted by molar-refractivity contribution is -0.136. The zero-order valence-electron chi connectivity index (χ0n) is 8.96. The standard InChI is InChI=1S/C11H15NO3/c1-3-8-6-7(2)12-11(8)9(13)4-5-10(14)15/h6,12H,3-5H2,1-2H3,(H,14,15). The zero-order valence-corrected chi connectivity index (χ0v) is 8.96. The lowest BCUT2D eigenvalue weighted by Gasteiger charge is -1.99. The number of carboxylic acid groups (broad SMARTS) is 1. The second kappa shape index (κ2) is 4.77. The van der Waals surface area contributed by atoms with E-state index in [1.807, 2.05) is 19.9 Å². The molecular formula is C11H15NO3. The van der Waals surface area contributed by atoms with E-state index in [0.717, 1.165) is 17.7 Å². The molecule has 1 aromatic heterocycles. The maximum absolute atomic E-state index is 11.6. The Morgan fingerprint density at radius 1 is 1.40 bits per heavy atom. The highest BCUT2D eigenvalue weighted by Gasteiger charge is 2.14. The Labute approximate surface area is 88.3 Å². The van der Waals surface area contributed by atoms with Gasteiger partial charge in [-0.25, -0.2) is 0 Å². The third kappa shape index (κ3) is 2.94. The molecule has 0 spiro atoms. The molecule has 0 unspecified atom stereocenters. The molecule has 15 heavy (non-hydrogen) atoms. The van der Waals surface area contributed by atoms with Gasteiger partial charge in [0.2, 0.25) is 0 Å². The van der Waals surface area contributed by atoms with Crippen molar-refractivity contribution < 1.29 is 14.7 Å². The number of aryl methyl sites for hydroxylation is 2. The summed E-state index contributed by atoms with van der Waals surface area (Å²) in [6.45, 7) is 3.85. The molecule has 0 aromatic carbocycles. The Hall–Kier alpha value is -1.58. The van der Waals surface area contributed by atoms with Crippen molar-refractivity contribution in [2.45, 2.75) is 33.1 Å². The fourth-order valence-electron chi connectivity index (χ4n) is 1.52. The van der Waals surface area contributed by atoms with Crippen LogP contribution in [0.15, 0.2) is 6.07 Å². The van der Waals surface area contributed by atoms with Gasteiger partial charge in [-0.2, -0.15) is 0 Å². The number of aliphatic carboxylic acids is 1. The monoisotopic (exact) mass is 209 g/mol. The number of aromatic amines is 1. The highest BCUT2D eigenvalue weighted by atomic mass is 16.4. The molecule has 0 saturated carbocycles. The number of H-pyrrole nitrogens is 1. The van der Waals surface area contributed by atoms with Gasteiger partial charge in [-0.1, -0.05) is 6.92 Å². The molecule has 2 N–H and O–H groups in total. The number of Topliss-reactive ketones (excluding diaryl/α,β-unsaturated/α-hetero) is 1. The number of carbonyl (C=O) groups is 2. The molecular weight excluding hydrogens is 194 g/mol. The lowest BCUT2D eigenvalue weighted by Crippen LogP contribution is -2.06. The second-order valence-corrected chi connectivity index (χ2v) is 3.52. The molecule has 0 aliphatic heterocycles. The third-order valence-corrected chi connectivity index (χ3v) is 2.26. The van der Waals surface area contributed by atoms with Gasteiger partial charge in [0, 0.05) is 12.1 Å². The summed E-state index contributed by atoms with van der Waals surface area (Å²) in [5.74, 6) is -1.06. The summed E-state index contributed by atoms with van der Waals surface area (Å²) in [5.41, 5.74) is 2.46. The number of nitrogens with one attached hydrogen (secondary N) is 1. The van der Waals surface area contributed by atoms with Crippen molar-refractivity contribution in [1.82, 2.24) is 4.98 Å². The van der Waals surface area contributed by atoms with Gasteiger partial charge >= 0.3 is 5.97 Å². The Morgan fingerprint density at radius 3 is 2.60 bits per heavy atom. The minimum Gasteiger partial charge on any atom is -0.481 e. The molecule has 1 heterocycles. The van der Waals surface area contributed by atoms with Crippen LogP contribution in [0, 0.1) is 6.92 Å². The predicted molar refractivity (Wildman–Crippen MR) is 56.1 cm³/mol. The molecule has 0 bridgehead atoms. The van der Waals surface area contributed by atoms with Crippen molar-refractivity contribution in [3.63, 3.8) is 0 Å². The minimum atomic E-state index is -0.940. The van der Waals surface area contributed by atoms with Gasteiger partial charge in [-0.05, 0) is 25.0 Å². The van der Waals surface area contributed by atoms with E-state index in [1.165, 1.54) is 0 Å². The number of ketones is 1. The Balaban J connectivity index is 2.76. The van der Waals surface area contributed by atoms with Crippen molar-refractivity contribution in [3.05, 3.63) is 23.0 Å². The van der Waals surface area contributed by atoms with Gasteiger partial charge in [-0.3, -0.25) is 9.59 Å². The van der Waals surface area contributed by atoms with E-state index in [9.17, 15) is 9.59 Å². The second-order valence-electron chi connectivity index (χ2n) is 3.52. The number of rotatable bonds is 5. The molecule has 1 rings (SSSR count). The average Bonchev–Trinajstić information content (AvgIpc) is 2.56. The smallest absolute Gasteiger partial charge is 0.303 e. The van der Waals surface area contributed by atoms with E-state index in [0.29, 0.717) is 5.69 Å². The van der Waals surface area contributed by atoms with Gasteiger partial charge in [-0.15, -0.1) is 0 Å². The Kier molecular flexibility index (Phi) is 3.66. The fourth-order valence-corrected chi connectivity index (χ4v) is 1.52. The molecule has 0 amide bonds. The molecule has 0 saturated heterocycles. The van der Waals surface area contributed by atoms with E-state index < -0.39 is 5.97 Å². The first-order chi connectivity index (χ1) is 7.04. The van der Waals surface area contributed by atoms with Gasteiger partial charge < -0.3 is 10.1 Å². The van der Waals surface area contributed by atoms with E-state index in [1.54, 1.807) is 0 Å². The molecule has 0 atom stereocenters. The lowest BCUT2D eigenvalue weighted by atomic mass is 10.1. The Morgan fingerprint density at radius 2 is 2.07 bits per heavy atom. The van der Waals surface area contributed by atoms with Crippen LogP contribution in [-0.2, 0) is 11.2 Å². The normalized spacial score (nSPS) is 10.3. The molecule has 0 fully saturated rings. The zero-order chi connectivity index (χ0) is 11.4. The molecule has 4 heteroatoms. The van der Waals surface area contributed by atoms with Gasteiger partial charge in [0.25, 0.3) is 0 Å². The molecule has 0 aliphatic carbocycles. The van der Waals surface area contributed by atoms with Crippen LogP contribution in [0.4, 0.5) is 0 Å². The van der Waals surface area contributed by atoms with E-state index >= 15 is 0 Å².